The molecule has 0 bridgehead atoms. The largest absolute Gasteiger partial charge is 0.508 e. The monoisotopic (exact) mass is 230 g/mol. The third kappa shape index (κ3) is 3.62. The molecule has 1 aromatic rings. The molecule has 0 aromatic heterocycles. The van der Waals surface area contributed by atoms with Gasteiger partial charge in [-0.1, -0.05) is 49.5 Å². The highest BCUT2D eigenvalue weighted by atomic mass is 16.3. The summed E-state index contributed by atoms with van der Waals surface area (Å²) in [6.45, 7) is 2.14. The Morgan fingerprint density at radius 3 is 2.47 bits per heavy atom. The summed E-state index contributed by atoms with van der Waals surface area (Å²) >= 11 is 0. The molecule has 0 unspecified atom stereocenters. The van der Waals surface area contributed by atoms with Crippen molar-refractivity contribution in [1.29, 1.82) is 0 Å². The molecule has 0 atom stereocenters. The summed E-state index contributed by atoms with van der Waals surface area (Å²) in [5.41, 5.74) is 2.84. The van der Waals surface area contributed by atoms with Gasteiger partial charge in [-0.25, -0.2) is 0 Å². The van der Waals surface area contributed by atoms with Gasteiger partial charge in [-0.2, -0.15) is 0 Å². The molecule has 0 aliphatic heterocycles. The van der Waals surface area contributed by atoms with E-state index in [4.69, 9.17) is 0 Å². The summed E-state index contributed by atoms with van der Waals surface area (Å²) in [6, 6.07) is 7.59. The first kappa shape index (κ1) is 12.2. The maximum absolute atomic E-state index is 9.26. The molecule has 0 heterocycles. The van der Waals surface area contributed by atoms with Crippen molar-refractivity contribution in [2.75, 3.05) is 0 Å². The molecular weight excluding hydrogens is 208 g/mol. The predicted molar refractivity (Wildman–Crippen MR) is 72.1 cm³/mol. The second-order valence-electron chi connectivity index (χ2n) is 5.14. The first-order valence-corrected chi connectivity index (χ1v) is 6.70. The molecule has 1 saturated carbocycles. The summed E-state index contributed by atoms with van der Waals surface area (Å²) in [6.07, 6.45) is 10.2. The molecule has 1 aromatic carbocycles. The lowest BCUT2D eigenvalue weighted by atomic mass is 9.93. The van der Waals surface area contributed by atoms with Crippen molar-refractivity contribution >= 4 is 0 Å². The number of hydrogen-bond donors (Lipinski definition) is 1. The van der Waals surface area contributed by atoms with E-state index in [0.29, 0.717) is 5.75 Å². The fraction of sp³-hybridized carbons (Fsp3) is 0.500. The normalized spacial score (nSPS) is 17.6. The Hall–Kier alpha value is -1.24. The van der Waals surface area contributed by atoms with E-state index in [1.807, 2.05) is 12.1 Å². The van der Waals surface area contributed by atoms with Crippen molar-refractivity contribution < 1.29 is 5.11 Å². The van der Waals surface area contributed by atoms with E-state index < -0.39 is 0 Å². The standard InChI is InChI=1S/C16H22O/c1-2-13(11-14-5-3-4-6-14)12-15-7-9-16(17)10-8-15/h2,7-10,14,17H,3-6,11-12H2,1H3/b13-2-. The third-order valence-corrected chi connectivity index (χ3v) is 3.80. The topological polar surface area (TPSA) is 20.2 Å². The summed E-state index contributed by atoms with van der Waals surface area (Å²) in [5.74, 6) is 1.27. The van der Waals surface area contributed by atoms with Gasteiger partial charge in [0.05, 0.1) is 0 Å². The summed E-state index contributed by atoms with van der Waals surface area (Å²) in [7, 11) is 0. The highest BCUT2D eigenvalue weighted by Crippen LogP contribution is 2.31. The minimum Gasteiger partial charge on any atom is -0.508 e. The van der Waals surface area contributed by atoms with Crippen LogP contribution in [0.1, 0.15) is 44.6 Å². The molecule has 0 radical (unpaired) electrons. The van der Waals surface area contributed by atoms with Gasteiger partial charge in [0.2, 0.25) is 0 Å². The number of hydrogen-bond acceptors (Lipinski definition) is 1. The summed E-state index contributed by atoms with van der Waals surface area (Å²) < 4.78 is 0. The van der Waals surface area contributed by atoms with Crippen LogP contribution in [0.15, 0.2) is 35.9 Å². The lowest BCUT2D eigenvalue weighted by Gasteiger charge is -2.12. The first-order chi connectivity index (χ1) is 8.28. The predicted octanol–water partition coefficient (Wildman–Crippen LogP) is 4.46. The molecule has 1 fully saturated rings. The molecule has 1 N–H and O–H groups in total. The minimum atomic E-state index is 0.353. The molecule has 17 heavy (non-hydrogen) atoms. The number of allylic oxidation sites excluding steroid dienone is 2. The Morgan fingerprint density at radius 2 is 1.88 bits per heavy atom. The van der Waals surface area contributed by atoms with Crippen molar-refractivity contribution in [2.24, 2.45) is 5.92 Å². The van der Waals surface area contributed by atoms with Gasteiger partial charge in [-0.15, -0.1) is 0 Å². The third-order valence-electron chi connectivity index (χ3n) is 3.80. The van der Waals surface area contributed by atoms with Crippen LogP contribution in [0.5, 0.6) is 5.75 Å². The maximum Gasteiger partial charge on any atom is 0.115 e. The Kier molecular flexibility index (Phi) is 4.24. The molecule has 1 aliphatic rings. The van der Waals surface area contributed by atoms with E-state index in [-0.39, 0.29) is 0 Å². The van der Waals surface area contributed by atoms with Gasteiger partial charge in [-0.3, -0.25) is 0 Å². The zero-order chi connectivity index (χ0) is 12.1. The molecule has 92 valence electrons. The van der Waals surface area contributed by atoms with E-state index in [2.05, 4.69) is 13.0 Å². The zero-order valence-electron chi connectivity index (χ0n) is 10.7. The average Bonchev–Trinajstić information content (AvgIpc) is 2.84. The van der Waals surface area contributed by atoms with Crippen molar-refractivity contribution in [3.05, 3.63) is 41.5 Å². The molecular formula is C16H22O. The average molecular weight is 230 g/mol. The van der Waals surface area contributed by atoms with E-state index in [9.17, 15) is 5.11 Å². The number of phenolic OH excluding ortho intramolecular Hbond substituents is 1. The smallest absolute Gasteiger partial charge is 0.115 e. The zero-order valence-corrected chi connectivity index (χ0v) is 10.7. The fourth-order valence-corrected chi connectivity index (χ4v) is 2.75. The molecule has 0 spiro atoms. The number of aromatic hydroxyl groups is 1. The number of phenols is 1. The quantitative estimate of drug-likeness (QED) is 0.757. The Bertz CT molecular complexity index is 369. The van der Waals surface area contributed by atoms with Crippen LogP contribution < -0.4 is 0 Å². The summed E-state index contributed by atoms with van der Waals surface area (Å²) in [4.78, 5) is 0. The molecule has 0 saturated heterocycles. The maximum atomic E-state index is 9.26. The number of rotatable bonds is 4. The molecule has 1 aliphatic carbocycles. The van der Waals surface area contributed by atoms with Crippen LogP contribution >= 0.6 is 0 Å². The lowest BCUT2D eigenvalue weighted by Crippen LogP contribution is -1.99. The van der Waals surface area contributed by atoms with Crippen LogP contribution in [0, 0.1) is 5.92 Å². The van der Waals surface area contributed by atoms with Gasteiger partial charge in [0.25, 0.3) is 0 Å². The molecule has 1 heteroatoms. The minimum absolute atomic E-state index is 0.353. The van der Waals surface area contributed by atoms with E-state index in [1.165, 1.54) is 37.7 Å². The highest BCUT2D eigenvalue weighted by molar-refractivity contribution is 5.29. The SMILES string of the molecule is C/C=C(\Cc1ccc(O)cc1)CC1CCCC1. The van der Waals surface area contributed by atoms with Gasteiger partial charge < -0.3 is 5.11 Å². The van der Waals surface area contributed by atoms with Crippen LogP contribution in [-0.4, -0.2) is 5.11 Å². The van der Waals surface area contributed by atoms with Gasteiger partial charge in [-0.05, 0) is 43.4 Å². The second-order valence-corrected chi connectivity index (χ2v) is 5.14. The van der Waals surface area contributed by atoms with Gasteiger partial charge in [0.1, 0.15) is 5.75 Å². The van der Waals surface area contributed by atoms with Crippen molar-refractivity contribution in [3.63, 3.8) is 0 Å². The van der Waals surface area contributed by atoms with Crippen molar-refractivity contribution in [1.82, 2.24) is 0 Å². The van der Waals surface area contributed by atoms with E-state index in [0.717, 1.165) is 12.3 Å². The van der Waals surface area contributed by atoms with Crippen molar-refractivity contribution in [3.8, 4) is 5.75 Å². The van der Waals surface area contributed by atoms with Crippen LogP contribution in [0.3, 0.4) is 0 Å². The lowest BCUT2D eigenvalue weighted by molar-refractivity contribution is 0.475. The molecule has 2 rings (SSSR count). The first-order valence-electron chi connectivity index (χ1n) is 6.70. The molecule has 1 nitrogen and oxygen atoms in total. The van der Waals surface area contributed by atoms with E-state index in [1.54, 1.807) is 17.7 Å². The van der Waals surface area contributed by atoms with Gasteiger partial charge >= 0.3 is 0 Å². The van der Waals surface area contributed by atoms with Gasteiger partial charge in [0, 0.05) is 0 Å². The van der Waals surface area contributed by atoms with Crippen LogP contribution in [0.4, 0.5) is 0 Å². The Morgan fingerprint density at radius 1 is 1.24 bits per heavy atom. The van der Waals surface area contributed by atoms with Gasteiger partial charge in [0.15, 0.2) is 0 Å². The highest BCUT2D eigenvalue weighted by Gasteiger charge is 2.16. The Balaban J connectivity index is 1.93. The number of benzene rings is 1. The molecule has 0 amide bonds. The van der Waals surface area contributed by atoms with Crippen molar-refractivity contribution in [2.45, 2.75) is 45.4 Å². The van der Waals surface area contributed by atoms with E-state index >= 15 is 0 Å². The fourth-order valence-electron chi connectivity index (χ4n) is 2.75. The summed E-state index contributed by atoms with van der Waals surface area (Å²) in [5, 5.41) is 9.26. The van der Waals surface area contributed by atoms with Crippen LogP contribution in [-0.2, 0) is 6.42 Å². The van der Waals surface area contributed by atoms with Crippen LogP contribution in [0.2, 0.25) is 0 Å². The second kappa shape index (κ2) is 5.90. The van der Waals surface area contributed by atoms with Crippen LogP contribution in [0.25, 0.3) is 0 Å². The Labute approximate surface area is 104 Å².